The first-order valence-corrected chi connectivity index (χ1v) is 7.35. The van der Waals surface area contributed by atoms with Crippen molar-refractivity contribution in [1.29, 1.82) is 0 Å². The Balaban J connectivity index is 1.76. The van der Waals surface area contributed by atoms with Crippen molar-refractivity contribution in [3.8, 4) is 0 Å². The van der Waals surface area contributed by atoms with Crippen LogP contribution >= 0.6 is 0 Å². The van der Waals surface area contributed by atoms with Crippen molar-refractivity contribution in [1.82, 2.24) is 24.8 Å². The highest BCUT2D eigenvalue weighted by atomic mass is 19.1. The van der Waals surface area contributed by atoms with Crippen LogP contribution in [0.5, 0.6) is 0 Å². The molecule has 3 rings (SSSR count). The summed E-state index contributed by atoms with van der Waals surface area (Å²) in [5.41, 5.74) is 1.98. The Morgan fingerprint density at radius 2 is 2.12 bits per heavy atom. The first-order chi connectivity index (χ1) is 11.4. The second-order valence-electron chi connectivity index (χ2n) is 5.54. The third-order valence-electron chi connectivity index (χ3n) is 3.55. The predicted octanol–water partition coefficient (Wildman–Crippen LogP) is 1.65. The van der Waals surface area contributed by atoms with Gasteiger partial charge in [-0.05, 0) is 37.6 Å². The Bertz CT molecular complexity index is 886. The molecule has 124 valence electrons. The van der Waals surface area contributed by atoms with Gasteiger partial charge in [-0.3, -0.25) is 4.79 Å². The van der Waals surface area contributed by atoms with Gasteiger partial charge in [-0.25, -0.2) is 9.07 Å². The lowest BCUT2D eigenvalue weighted by Gasteiger charge is -2.10. The fourth-order valence-corrected chi connectivity index (χ4v) is 2.43. The van der Waals surface area contributed by atoms with Crippen molar-refractivity contribution in [2.45, 2.75) is 26.5 Å². The second kappa shape index (κ2) is 6.32. The Labute approximate surface area is 137 Å². The Hall–Kier alpha value is -2.87. The van der Waals surface area contributed by atoms with Gasteiger partial charge < -0.3 is 5.11 Å². The smallest absolute Gasteiger partial charge is 0.300 e. The van der Waals surface area contributed by atoms with Crippen LogP contribution in [-0.2, 0) is 6.54 Å². The largest absolute Gasteiger partial charge is 0.386 e. The molecule has 7 nitrogen and oxygen atoms in total. The van der Waals surface area contributed by atoms with E-state index >= 15 is 0 Å². The van der Waals surface area contributed by atoms with Gasteiger partial charge in [0.15, 0.2) is 5.69 Å². The van der Waals surface area contributed by atoms with E-state index in [4.69, 9.17) is 0 Å². The van der Waals surface area contributed by atoms with E-state index < -0.39 is 17.8 Å². The van der Waals surface area contributed by atoms with E-state index in [1.165, 1.54) is 33.8 Å². The molecule has 0 saturated carbocycles. The fourth-order valence-electron chi connectivity index (χ4n) is 2.43. The van der Waals surface area contributed by atoms with Crippen molar-refractivity contribution in [3.63, 3.8) is 0 Å². The molecule has 2 aromatic heterocycles. The first-order valence-electron chi connectivity index (χ1n) is 7.35. The number of aliphatic hydroxyl groups excluding tert-OH is 1. The lowest BCUT2D eigenvalue weighted by molar-refractivity contribution is 0.0937. The maximum absolute atomic E-state index is 13.2. The summed E-state index contributed by atoms with van der Waals surface area (Å²) in [6.07, 6.45) is 0.473. The number of carbonyl (C=O) groups is 1. The van der Waals surface area contributed by atoms with Gasteiger partial charge in [-0.15, -0.1) is 5.10 Å². The molecule has 0 aliphatic carbocycles. The minimum Gasteiger partial charge on any atom is -0.386 e. The summed E-state index contributed by atoms with van der Waals surface area (Å²) in [6.45, 7) is 3.62. The quantitative estimate of drug-likeness (QED) is 0.786. The molecule has 0 fully saturated rings. The SMILES string of the molecule is Cc1cc(C)n(C(=O)c2cn(C[C@@H](O)c3cccc(F)c3)nn2)n1. The molecule has 0 radical (unpaired) electrons. The van der Waals surface area contributed by atoms with Gasteiger partial charge >= 0.3 is 5.91 Å². The number of aliphatic hydroxyl groups is 1. The highest BCUT2D eigenvalue weighted by Crippen LogP contribution is 2.16. The summed E-state index contributed by atoms with van der Waals surface area (Å²) in [7, 11) is 0. The molecule has 24 heavy (non-hydrogen) atoms. The Morgan fingerprint density at radius 3 is 2.79 bits per heavy atom. The molecule has 0 bridgehead atoms. The van der Waals surface area contributed by atoms with Gasteiger partial charge in [-0.2, -0.15) is 9.78 Å². The van der Waals surface area contributed by atoms with E-state index in [0.29, 0.717) is 11.3 Å². The van der Waals surface area contributed by atoms with E-state index in [-0.39, 0.29) is 12.2 Å². The van der Waals surface area contributed by atoms with E-state index in [2.05, 4.69) is 15.4 Å². The highest BCUT2D eigenvalue weighted by molar-refractivity contribution is 5.93. The van der Waals surface area contributed by atoms with Crippen molar-refractivity contribution in [2.24, 2.45) is 0 Å². The zero-order valence-electron chi connectivity index (χ0n) is 13.2. The summed E-state index contributed by atoms with van der Waals surface area (Å²) in [6, 6.07) is 7.48. The van der Waals surface area contributed by atoms with Gasteiger partial charge in [0.1, 0.15) is 5.82 Å². The topological polar surface area (TPSA) is 85.8 Å². The predicted molar refractivity (Wildman–Crippen MR) is 82.8 cm³/mol. The molecule has 0 saturated heterocycles. The van der Waals surface area contributed by atoms with Crippen LogP contribution < -0.4 is 0 Å². The molecule has 3 aromatic rings. The van der Waals surface area contributed by atoms with Crippen molar-refractivity contribution >= 4 is 5.91 Å². The lowest BCUT2D eigenvalue weighted by Crippen LogP contribution is -2.15. The standard InChI is InChI=1S/C16H16FN5O2/c1-10-6-11(2)22(19-10)16(24)14-8-21(20-18-14)9-15(23)12-4-3-5-13(17)7-12/h3-8,15,23H,9H2,1-2H3/t15-/m1/s1. The average Bonchev–Trinajstić information content (AvgIpc) is 3.13. The van der Waals surface area contributed by atoms with E-state index in [1.807, 2.05) is 0 Å². The average molecular weight is 329 g/mol. The molecule has 2 heterocycles. The Kier molecular flexibility index (Phi) is 4.22. The molecule has 0 aliphatic rings. The van der Waals surface area contributed by atoms with Gasteiger partial charge in [-0.1, -0.05) is 17.3 Å². The normalized spacial score (nSPS) is 12.3. The number of aromatic nitrogens is 5. The van der Waals surface area contributed by atoms with Crippen molar-refractivity contribution in [2.75, 3.05) is 0 Å². The lowest BCUT2D eigenvalue weighted by atomic mass is 10.1. The third kappa shape index (κ3) is 3.23. The molecule has 0 spiro atoms. The number of carbonyl (C=O) groups excluding carboxylic acids is 1. The second-order valence-corrected chi connectivity index (χ2v) is 5.54. The summed E-state index contributed by atoms with van der Waals surface area (Å²) in [5.74, 6) is -0.822. The number of nitrogens with zero attached hydrogens (tertiary/aromatic N) is 5. The van der Waals surface area contributed by atoms with Crippen molar-refractivity contribution in [3.05, 3.63) is 65.0 Å². The van der Waals surface area contributed by atoms with Crippen LogP contribution in [-0.4, -0.2) is 35.8 Å². The molecule has 8 heteroatoms. The molecule has 1 N–H and O–H groups in total. The number of hydrogen-bond acceptors (Lipinski definition) is 5. The first kappa shape index (κ1) is 16.0. The van der Waals surface area contributed by atoms with Crippen LogP contribution in [0, 0.1) is 19.7 Å². The summed E-state index contributed by atoms with van der Waals surface area (Å²) < 4.78 is 15.8. The zero-order chi connectivity index (χ0) is 17.3. The van der Waals surface area contributed by atoms with Crippen LogP contribution in [0.1, 0.15) is 33.5 Å². The number of benzene rings is 1. The Morgan fingerprint density at radius 1 is 1.33 bits per heavy atom. The maximum Gasteiger partial charge on any atom is 0.300 e. The molecule has 0 amide bonds. The molecular weight excluding hydrogens is 313 g/mol. The van der Waals surface area contributed by atoms with Gasteiger partial charge in [0.05, 0.1) is 24.5 Å². The fraction of sp³-hybridized carbons (Fsp3) is 0.250. The summed E-state index contributed by atoms with van der Waals surface area (Å²) in [4.78, 5) is 12.4. The summed E-state index contributed by atoms with van der Waals surface area (Å²) in [5, 5.41) is 21.9. The van der Waals surface area contributed by atoms with Crippen LogP contribution in [0.4, 0.5) is 4.39 Å². The highest BCUT2D eigenvalue weighted by Gasteiger charge is 2.18. The van der Waals surface area contributed by atoms with Gasteiger partial charge in [0.2, 0.25) is 0 Å². The maximum atomic E-state index is 13.2. The molecular formula is C16H16FN5O2. The molecule has 0 aliphatic heterocycles. The van der Waals surface area contributed by atoms with Crippen LogP contribution in [0.15, 0.2) is 36.5 Å². The van der Waals surface area contributed by atoms with E-state index in [1.54, 1.807) is 26.0 Å². The van der Waals surface area contributed by atoms with Crippen molar-refractivity contribution < 1.29 is 14.3 Å². The minimum absolute atomic E-state index is 0.0564. The number of halogens is 1. The van der Waals surface area contributed by atoms with Gasteiger partial charge in [0, 0.05) is 5.69 Å². The minimum atomic E-state index is -0.959. The monoisotopic (exact) mass is 329 g/mol. The summed E-state index contributed by atoms with van der Waals surface area (Å²) >= 11 is 0. The third-order valence-corrected chi connectivity index (χ3v) is 3.55. The number of hydrogen-bond donors (Lipinski definition) is 1. The van der Waals surface area contributed by atoms with Crippen LogP contribution in [0.25, 0.3) is 0 Å². The molecule has 1 atom stereocenters. The van der Waals surface area contributed by atoms with Crippen LogP contribution in [0.2, 0.25) is 0 Å². The zero-order valence-corrected chi connectivity index (χ0v) is 13.2. The molecule has 1 aromatic carbocycles. The van der Waals surface area contributed by atoms with Crippen LogP contribution in [0.3, 0.4) is 0 Å². The number of rotatable bonds is 4. The van der Waals surface area contributed by atoms with E-state index in [9.17, 15) is 14.3 Å². The molecule has 0 unspecified atom stereocenters. The number of aryl methyl sites for hydroxylation is 2. The van der Waals surface area contributed by atoms with E-state index in [0.717, 1.165) is 5.69 Å². The van der Waals surface area contributed by atoms with Gasteiger partial charge in [0.25, 0.3) is 0 Å².